The average Bonchev–Trinajstić information content (AvgIpc) is 2.30. The summed E-state index contributed by atoms with van der Waals surface area (Å²) >= 11 is 0.184. The van der Waals surface area contributed by atoms with E-state index >= 15 is 0 Å². The van der Waals surface area contributed by atoms with Gasteiger partial charge in [0.2, 0.25) is 0 Å². The van der Waals surface area contributed by atoms with Crippen LogP contribution in [0.25, 0.3) is 0 Å². The Morgan fingerprint density at radius 1 is 1.24 bits per heavy atom. The Morgan fingerprint density at radius 2 is 1.82 bits per heavy atom. The zero-order valence-corrected chi connectivity index (χ0v) is 11.0. The number of hydrogen-bond acceptors (Lipinski definition) is 3. The van der Waals surface area contributed by atoms with Crippen molar-refractivity contribution in [2.24, 2.45) is 0 Å². The lowest BCUT2D eigenvalue weighted by molar-refractivity contribution is 0.195. The number of hydrogen-bond donors (Lipinski definition) is 0. The summed E-state index contributed by atoms with van der Waals surface area (Å²) < 4.78 is 46.8. The van der Waals surface area contributed by atoms with Gasteiger partial charge in [0.15, 0.2) is 0 Å². The molecule has 0 heterocycles. The highest BCUT2D eigenvalue weighted by Crippen LogP contribution is 2.39. The standard InChI is InChI=1S/C11H14F2O2S2/c1-2-3-9-16-11(12,13)17(14,15)10-7-5-4-6-8-10/h4-8H,2-3,9H2,1H3. The van der Waals surface area contributed by atoms with Crippen molar-refractivity contribution in [2.45, 2.75) is 29.2 Å². The van der Waals surface area contributed by atoms with Crippen LogP contribution in [0.5, 0.6) is 0 Å². The first-order valence-corrected chi connectivity index (χ1v) is 7.70. The molecule has 0 atom stereocenters. The Kier molecular flexibility index (Phi) is 4.94. The van der Waals surface area contributed by atoms with Crippen LogP contribution in [0.3, 0.4) is 0 Å². The monoisotopic (exact) mass is 280 g/mol. The summed E-state index contributed by atoms with van der Waals surface area (Å²) in [6.45, 7) is 1.87. The molecule has 17 heavy (non-hydrogen) atoms. The molecular weight excluding hydrogens is 266 g/mol. The highest BCUT2D eigenvalue weighted by Gasteiger charge is 2.46. The van der Waals surface area contributed by atoms with Gasteiger partial charge in [0, 0.05) is 5.75 Å². The van der Waals surface area contributed by atoms with Gasteiger partial charge in [-0.2, -0.15) is 8.78 Å². The molecule has 0 bridgehead atoms. The van der Waals surface area contributed by atoms with Crippen molar-refractivity contribution in [3.05, 3.63) is 30.3 Å². The van der Waals surface area contributed by atoms with Gasteiger partial charge in [-0.15, -0.1) is 0 Å². The molecule has 1 aromatic carbocycles. The van der Waals surface area contributed by atoms with E-state index in [0.29, 0.717) is 6.42 Å². The lowest BCUT2D eigenvalue weighted by Gasteiger charge is -2.16. The summed E-state index contributed by atoms with van der Waals surface area (Å²) in [5.74, 6) is 0.134. The van der Waals surface area contributed by atoms with Gasteiger partial charge in [0.05, 0.1) is 4.90 Å². The molecule has 0 unspecified atom stereocenters. The Labute approximate surface area is 104 Å². The van der Waals surface area contributed by atoms with E-state index in [4.69, 9.17) is 0 Å². The zero-order valence-electron chi connectivity index (χ0n) is 9.40. The van der Waals surface area contributed by atoms with Gasteiger partial charge in [0.1, 0.15) is 0 Å². The van der Waals surface area contributed by atoms with E-state index < -0.39 is 14.4 Å². The van der Waals surface area contributed by atoms with Gasteiger partial charge < -0.3 is 0 Å². The van der Waals surface area contributed by atoms with E-state index in [-0.39, 0.29) is 22.4 Å². The number of rotatable bonds is 6. The van der Waals surface area contributed by atoms with E-state index in [9.17, 15) is 17.2 Å². The van der Waals surface area contributed by atoms with Crippen LogP contribution in [0, 0.1) is 0 Å². The van der Waals surface area contributed by atoms with Gasteiger partial charge in [-0.25, -0.2) is 8.42 Å². The molecule has 0 aromatic heterocycles. The molecule has 0 aliphatic rings. The number of alkyl halides is 2. The van der Waals surface area contributed by atoms with Crippen molar-refractivity contribution in [2.75, 3.05) is 5.75 Å². The number of thioether (sulfide) groups is 1. The predicted octanol–water partition coefficient (Wildman–Crippen LogP) is 3.54. The fourth-order valence-electron chi connectivity index (χ4n) is 1.15. The quantitative estimate of drug-likeness (QED) is 0.747. The second-order valence-electron chi connectivity index (χ2n) is 3.48. The third-order valence-electron chi connectivity index (χ3n) is 2.13. The SMILES string of the molecule is CCCCSC(F)(F)S(=O)(=O)c1ccccc1. The molecule has 0 aliphatic carbocycles. The van der Waals surface area contributed by atoms with E-state index in [1.54, 1.807) is 6.07 Å². The van der Waals surface area contributed by atoms with Crippen LogP contribution < -0.4 is 0 Å². The largest absolute Gasteiger partial charge is 0.397 e. The second kappa shape index (κ2) is 5.82. The summed E-state index contributed by atoms with van der Waals surface area (Å²) in [7, 11) is -4.59. The van der Waals surface area contributed by atoms with Crippen molar-refractivity contribution in [1.29, 1.82) is 0 Å². The summed E-state index contributed by atoms with van der Waals surface area (Å²) in [6.07, 6.45) is 1.33. The van der Waals surface area contributed by atoms with Crippen LogP contribution in [-0.2, 0) is 9.84 Å². The molecule has 0 amide bonds. The second-order valence-corrected chi connectivity index (χ2v) is 6.94. The molecule has 0 fully saturated rings. The molecular formula is C11H14F2O2S2. The molecule has 6 heteroatoms. The number of halogens is 2. The molecule has 1 aromatic rings. The maximum atomic E-state index is 13.6. The minimum atomic E-state index is -4.59. The molecule has 0 radical (unpaired) electrons. The topological polar surface area (TPSA) is 34.1 Å². The zero-order chi connectivity index (χ0) is 12.9. The molecule has 0 saturated heterocycles. The van der Waals surface area contributed by atoms with Crippen molar-refractivity contribution in [3.8, 4) is 0 Å². The molecule has 0 aliphatic heterocycles. The number of sulfone groups is 1. The van der Waals surface area contributed by atoms with Crippen molar-refractivity contribution < 1.29 is 17.2 Å². The molecule has 1 rings (SSSR count). The van der Waals surface area contributed by atoms with Crippen LogP contribution in [-0.4, -0.2) is 18.8 Å². The lowest BCUT2D eigenvalue weighted by Crippen LogP contribution is -2.25. The van der Waals surface area contributed by atoms with E-state index in [0.717, 1.165) is 6.42 Å². The van der Waals surface area contributed by atoms with Gasteiger partial charge in [-0.1, -0.05) is 43.3 Å². The first-order valence-electron chi connectivity index (χ1n) is 5.23. The third kappa shape index (κ3) is 3.42. The average molecular weight is 280 g/mol. The minimum Gasteiger partial charge on any atom is -0.216 e. The highest BCUT2D eigenvalue weighted by atomic mass is 32.3. The van der Waals surface area contributed by atoms with Crippen LogP contribution in [0.1, 0.15) is 19.8 Å². The van der Waals surface area contributed by atoms with Gasteiger partial charge >= 0.3 is 4.59 Å². The first-order chi connectivity index (χ1) is 7.92. The van der Waals surface area contributed by atoms with Crippen LogP contribution in [0.4, 0.5) is 8.78 Å². The Bertz CT molecular complexity index is 444. The Morgan fingerprint density at radius 3 is 2.35 bits per heavy atom. The van der Waals surface area contributed by atoms with Crippen molar-refractivity contribution in [1.82, 2.24) is 0 Å². The molecule has 0 saturated carbocycles. The Hall–Kier alpha value is -0.620. The maximum Gasteiger partial charge on any atom is 0.397 e. The summed E-state index contributed by atoms with van der Waals surface area (Å²) in [5, 5.41) is 0. The fraction of sp³-hybridized carbons (Fsp3) is 0.455. The molecule has 2 nitrogen and oxygen atoms in total. The van der Waals surface area contributed by atoms with Crippen molar-refractivity contribution in [3.63, 3.8) is 0 Å². The summed E-state index contributed by atoms with van der Waals surface area (Å²) in [4.78, 5) is -0.339. The molecule has 96 valence electrons. The smallest absolute Gasteiger partial charge is 0.216 e. The minimum absolute atomic E-state index is 0.134. The van der Waals surface area contributed by atoms with Crippen LogP contribution >= 0.6 is 11.8 Å². The van der Waals surface area contributed by atoms with E-state index in [1.165, 1.54) is 24.3 Å². The molecule has 0 spiro atoms. The molecule has 0 N–H and O–H groups in total. The van der Waals surface area contributed by atoms with E-state index in [2.05, 4.69) is 0 Å². The normalized spacial score (nSPS) is 12.6. The maximum absolute atomic E-state index is 13.6. The summed E-state index contributed by atoms with van der Waals surface area (Å²) in [6, 6.07) is 6.81. The fourth-order valence-corrected chi connectivity index (χ4v) is 3.77. The predicted molar refractivity (Wildman–Crippen MR) is 65.9 cm³/mol. The van der Waals surface area contributed by atoms with Crippen molar-refractivity contribution >= 4 is 21.6 Å². The first kappa shape index (κ1) is 14.4. The summed E-state index contributed by atoms with van der Waals surface area (Å²) in [5.41, 5.74) is 0. The lowest BCUT2D eigenvalue weighted by atomic mass is 10.4. The van der Waals surface area contributed by atoms with Gasteiger partial charge in [-0.3, -0.25) is 0 Å². The number of unbranched alkanes of at least 4 members (excludes halogenated alkanes) is 1. The van der Waals surface area contributed by atoms with Crippen LogP contribution in [0.2, 0.25) is 0 Å². The number of benzene rings is 1. The highest BCUT2D eigenvalue weighted by molar-refractivity contribution is 8.14. The Balaban J connectivity index is 2.90. The van der Waals surface area contributed by atoms with Crippen LogP contribution in [0.15, 0.2) is 35.2 Å². The van der Waals surface area contributed by atoms with E-state index in [1.807, 2.05) is 6.92 Å². The van der Waals surface area contributed by atoms with Gasteiger partial charge in [0.25, 0.3) is 9.84 Å². The van der Waals surface area contributed by atoms with Gasteiger partial charge in [-0.05, 0) is 18.6 Å². The third-order valence-corrected chi connectivity index (χ3v) is 5.49.